The monoisotopic (exact) mass is 364 g/mol. The Bertz CT molecular complexity index is 767. The highest BCUT2D eigenvalue weighted by Gasteiger charge is 2.31. The van der Waals surface area contributed by atoms with Gasteiger partial charge in [0.1, 0.15) is 0 Å². The molecule has 0 aliphatic heterocycles. The molecular formula is C12H8N6O8. The first-order valence-electron chi connectivity index (χ1n) is 6.60. The van der Waals surface area contributed by atoms with Crippen LogP contribution in [-0.2, 0) is 0 Å². The summed E-state index contributed by atoms with van der Waals surface area (Å²) in [7, 11) is 0. The second-order valence-corrected chi connectivity index (χ2v) is 4.62. The number of hydrazine groups is 4. The van der Waals surface area contributed by atoms with Gasteiger partial charge in [0.05, 0.1) is 0 Å². The molecule has 134 valence electrons. The van der Waals surface area contributed by atoms with Crippen LogP contribution in [0.25, 0.3) is 11.1 Å². The van der Waals surface area contributed by atoms with E-state index >= 15 is 0 Å². The van der Waals surface area contributed by atoms with Crippen LogP contribution in [0.5, 0.6) is 0 Å². The van der Waals surface area contributed by atoms with Crippen molar-refractivity contribution in [2.45, 2.75) is 0 Å². The van der Waals surface area contributed by atoms with Crippen LogP contribution >= 0.6 is 0 Å². The van der Waals surface area contributed by atoms with Gasteiger partial charge in [0, 0.05) is 0 Å². The number of hydrogen-bond acceptors (Lipinski definition) is 8. The van der Waals surface area contributed by atoms with Crippen molar-refractivity contribution in [3.8, 4) is 11.1 Å². The van der Waals surface area contributed by atoms with Gasteiger partial charge in [-0.15, -0.1) is 0 Å². The largest absolute Gasteiger partial charge is 0.230 e. The van der Waals surface area contributed by atoms with E-state index in [-0.39, 0.29) is 21.6 Å². The first-order valence-corrected chi connectivity index (χ1v) is 6.60. The third-order valence-corrected chi connectivity index (χ3v) is 3.15. The molecule has 0 N–H and O–H groups in total. The van der Waals surface area contributed by atoms with Gasteiger partial charge in [-0.05, 0) is 35.4 Å². The number of hydrogen-bond donors (Lipinski definition) is 0. The molecule has 2 aromatic rings. The Balaban J connectivity index is 2.30. The Kier molecular flexibility index (Phi) is 4.87. The summed E-state index contributed by atoms with van der Waals surface area (Å²) in [6.45, 7) is 0. The lowest BCUT2D eigenvalue weighted by atomic mass is 10.1. The highest BCUT2D eigenvalue weighted by Crippen LogP contribution is 2.26. The van der Waals surface area contributed by atoms with Gasteiger partial charge in [0.2, 0.25) is 20.1 Å². The first-order chi connectivity index (χ1) is 12.2. The Hall–Kier alpha value is -4.36. The topological polar surface area (TPSA) is 179 Å². The van der Waals surface area contributed by atoms with Crippen molar-refractivity contribution in [1.29, 1.82) is 0 Å². The SMILES string of the molecule is O=[N+]([O-])N(c1ccc(-c2ccc(N([N+](=O)[O-])[N+](=O)[O-])cc2)cc1)[N+](=O)[O-]. The van der Waals surface area contributed by atoms with Crippen LogP contribution in [0.4, 0.5) is 11.4 Å². The van der Waals surface area contributed by atoms with Crippen molar-refractivity contribution in [3.63, 3.8) is 0 Å². The van der Waals surface area contributed by atoms with E-state index in [4.69, 9.17) is 0 Å². The lowest BCUT2D eigenvalue weighted by molar-refractivity contribution is -0.712. The van der Waals surface area contributed by atoms with E-state index in [9.17, 15) is 40.5 Å². The smallest absolute Gasteiger partial charge is 0.228 e. The molecule has 0 spiro atoms. The predicted octanol–water partition coefficient (Wildman–Crippen LogP) is 1.73. The van der Waals surface area contributed by atoms with Crippen molar-refractivity contribution in [2.75, 3.05) is 10.2 Å². The van der Waals surface area contributed by atoms with Crippen LogP contribution in [0.3, 0.4) is 0 Å². The van der Waals surface area contributed by atoms with Gasteiger partial charge in [-0.25, -0.2) is 40.5 Å². The molecule has 2 aromatic carbocycles. The zero-order valence-corrected chi connectivity index (χ0v) is 12.6. The van der Waals surface area contributed by atoms with Crippen LogP contribution in [-0.4, -0.2) is 20.1 Å². The molecule has 0 unspecified atom stereocenters. The summed E-state index contributed by atoms with van der Waals surface area (Å²) in [5, 5.41) is 37.5. The van der Waals surface area contributed by atoms with Gasteiger partial charge in [0.25, 0.3) is 0 Å². The molecule has 0 aliphatic rings. The first kappa shape index (κ1) is 18.0. The standard InChI is InChI=1S/C12H8N6O8/c19-15(20)13(16(21)22)11-5-1-9(2-6-11)10-3-7-12(8-4-10)14(17(23)24)18(25)26/h1-8H. The maximum Gasteiger partial charge on any atom is 0.228 e. The second kappa shape index (κ2) is 7.04. The highest BCUT2D eigenvalue weighted by atomic mass is 16.8. The quantitative estimate of drug-likeness (QED) is 0.518. The Morgan fingerprint density at radius 2 is 0.731 bits per heavy atom. The summed E-state index contributed by atoms with van der Waals surface area (Å²) in [5.41, 5.74) is 0.405. The van der Waals surface area contributed by atoms with Crippen molar-refractivity contribution in [3.05, 3.63) is 89.0 Å². The molecule has 0 atom stereocenters. The summed E-state index contributed by atoms with van der Waals surface area (Å²) in [5.74, 6) is 0. The third kappa shape index (κ3) is 3.58. The number of anilines is 2. The van der Waals surface area contributed by atoms with Crippen LogP contribution < -0.4 is 10.2 Å². The van der Waals surface area contributed by atoms with E-state index in [1.807, 2.05) is 0 Å². The molecule has 0 fully saturated rings. The summed E-state index contributed by atoms with van der Waals surface area (Å²) < 4.78 is 0. The number of rotatable bonds is 7. The van der Waals surface area contributed by atoms with Crippen LogP contribution in [0, 0.1) is 40.5 Å². The average Bonchev–Trinajstić information content (AvgIpc) is 2.55. The third-order valence-electron chi connectivity index (χ3n) is 3.15. The van der Waals surface area contributed by atoms with E-state index in [2.05, 4.69) is 0 Å². The van der Waals surface area contributed by atoms with Crippen molar-refractivity contribution >= 4 is 11.4 Å². The highest BCUT2D eigenvalue weighted by molar-refractivity contribution is 5.67. The lowest BCUT2D eigenvalue weighted by Crippen LogP contribution is -2.35. The second-order valence-electron chi connectivity index (χ2n) is 4.62. The van der Waals surface area contributed by atoms with Gasteiger partial charge < -0.3 is 0 Å². The summed E-state index contributed by atoms with van der Waals surface area (Å²) in [6, 6.07) is 10.0. The molecule has 14 nitrogen and oxygen atoms in total. The minimum absolute atomic E-state index is 0.251. The van der Waals surface area contributed by atoms with Gasteiger partial charge in [-0.1, -0.05) is 24.3 Å². The van der Waals surface area contributed by atoms with E-state index in [0.717, 1.165) is 24.3 Å². The molecule has 0 aliphatic carbocycles. The number of nitrogens with zero attached hydrogens (tertiary/aromatic N) is 6. The predicted molar refractivity (Wildman–Crippen MR) is 84.8 cm³/mol. The maximum absolute atomic E-state index is 10.7. The van der Waals surface area contributed by atoms with Crippen LogP contribution in [0.15, 0.2) is 48.5 Å². The van der Waals surface area contributed by atoms with Crippen molar-refractivity contribution < 1.29 is 20.1 Å². The summed E-state index contributed by atoms with van der Waals surface area (Å²) >= 11 is 0. The minimum Gasteiger partial charge on any atom is -0.230 e. The Labute approximate surface area is 143 Å². The average molecular weight is 364 g/mol. The maximum atomic E-state index is 10.7. The fraction of sp³-hybridized carbons (Fsp3) is 0. The van der Waals surface area contributed by atoms with Gasteiger partial charge in [-0.2, -0.15) is 0 Å². The zero-order valence-electron chi connectivity index (χ0n) is 12.6. The fourth-order valence-corrected chi connectivity index (χ4v) is 2.07. The Morgan fingerprint density at radius 1 is 0.500 bits per heavy atom. The molecule has 2 rings (SSSR count). The number of benzene rings is 2. The molecule has 26 heavy (non-hydrogen) atoms. The van der Waals surface area contributed by atoms with Crippen LogP contribution in [0.1, 0.15) is 0 Å². The zero-order chi connectivity index (χ0) is 19.4. The molecule has 14 heteroatoms. The van der Waals surface area contributed by atoms with Crippen molar-refractivity contribution in [1.82, 2.24) is 0 Å². The molecule has 0 bridgehead atoms. The molecule has 0 saturated heterocycles. The van der Waals surface area contributed by atoms with E-state index in [0.29, 0.717) is 11.1 Å². The number of nitro groups is 4. The van der Waals surface area contributed by atoms with E-state index in [1.165, 1.54) is 24.3 Å². The molecular weight excluding hydrogens is 356 g/mol. The lowest BCUT2D eigenvalue weighted by Gasteiger charge is -2.07. The van der Waals surface area contributed by atoms with Crippen molar-refractivity contribution in [2.24, 2.45) is 0 Å². The minimum atomic E-state index is -1.19. The molecule has 0 saturated carbocycles. The normalized spacial score (nSPS) is 10.0. The Morgan fingerprint density at radius 3 is 0.923 bits per heavy atom. The summed E-state index contributed by atoms with van der Waals surface area (Å²) in [6.07, 6.45) is 0. The molecule has 0 radical (unpaired) electrons. The molecule has 0 aromatic heterocycles. The van der Waals surface area contributed by atoms with Gasteiger partial charge in [0.15, 0.2) is 21.6 Å². The van der Waals surface area contributed by atoms with Crippen LogP contribution in [0.2, 0.25) is 0 Å². The molecule has 0 heterocycles. The molecule has 0 amide bonds. The van der Waals surface area contributed by atoms with E-state index in [1.54, 1.807) is 0 Å². The van der Waals surface area contributed by atoms with Gasteiger partial charge in [-0.3, -0.25) is 0 Å². The summed E-state index contributed by atoms with van der Waals surface area (Å²) in [4.78, 5) is 42.7. The fourth-order valence-electron chi connectivity index (χ4n) is 2.07. The van der Waals surface area contributed by atoms with Gasteiger partial charge >= 0.3 is 0 Å². The van der Waals surface area contributed by atoms with E-state index < -0.39 is 20.1 Å².